The Morgan fingerprint density at radius 3 is 2.42 bits per heavy atom. The van der Waals surface area contributed by atoms with Crippen molar-refractivity contribution in [1.29, 1.82) is 0 Å². The molecule has 0 saturated carbocycles. The summed E-state index contributed by atoms with van der Waals surface area (Å²) in [7, 11) is -3.29. The number of rotatable bonds is 8. The molecule has 0 atom stereocenters. The number of ether oxygens (including phenoxy) is 1. The maximum absolute atomic E-state index is 12.2. The second-order valence-corrected chi connectivity index (χ2v) is 8.33. The Balaban J connectivity index is 1.74. The normalized spacial score (nSPS) is 20.5. The molecule has 0 aromatic carbocycles. The lowest BCUT2D eigenvalue weighted by atomic mass is 10.3. The molecule has 0 unspecified atom stereocenters. The van der Waals surface area contributed by atoms with Gasteiger partial charge < -0.3 is 15.0 Å². The van der Waals surface area contributed by atoms with E-state index in [9.17, 15) is 13.2 Å². The first-order valence-corrected chi connectivity index (χ1v) is 10.6. The SMILES string of the molecule is CS(=O)(=O)N(CCCN1CCOCC1)CCC(=O)N1CCNCC1. The van der Waals surface area contributed by atoms with Crippen LogP contribution in [0.4, 0.5) is 0 Å². The zero-order chi connectivity index (χ0) is 17.4. The molecule has 0 radical (unpaired) electrons. The Labute approximate surface area is 145 Å². The zero-order valence-electron chi connectivity index (χ0n) is 14.6. The van der Waals surface area contributed by atoms with Crippen LogP contribution in [0.3, 0.4) is 0 Å². The van der Waals surface area contributed by atoms with Gasteiger partial charge in [0.05, 0.1) is 19.5 Å². The van der Waals surface area contributed by atoms with E-state index in [0.717, 1.165) is 52.4 Å². The van der Waals surface area contributed by atoms with Crippen molar-refractivity contribution in [2.24, 2.45) is 0 Å². The molecule has 0 spiro atoms. The summed E-state index contributed by atoms with van der Waals surface area (Å²) in [6.07, 6.45) is 2.25. The fourth-order valence-electron chi connectivity index (χ4n) is 3.03. The third kappa shape index (κ3) is 6.64. The standard InChI is InChI=1S/C15H30N4O4S/c1-24(21,22)19(7-2-6-17-11-13-23-14-12-17)8-3-15(20)18-9-4-16-5-10-18/h16H,2-14H2,1H3. The molecule has 8 nitrogen and oxygen atoms in total. The molecule has 9 heteroatoms. The Kier molecular flexibility index (Phi) is 7.89. The summed E-state index contributed by atoms with van der Waals surface area (Å²) in [5.41, 5.74) is 0. The van der Waals surface area contributed by atoms with Crippen molar-refractivity contribution in [3.05, 3.63) is 0 Å². The number of sulfonamides is 1. The van der Waals surface area contributed by atoms with Crippen LogP contribution < -0.4 is 5.32 Å². The molecule has 1 N–H and O–H groups in total. The third-order valence-corrected chi connectivity index (χ3v) is 5.80. The molecule has 0 aliphatic carbocycles. The molecule has 2 rings (SSSR count). The summed E-state index contributed by atoms with van der Waals surface area (Å²) in [6, 6.07) is 0. The lowest BCUT2D eigenvalue weighted by Gasteiger charge is -2.29. The number of piperazine rings is 1. The molecule has 0 bridgehead atoms. The predicted molar refractivity (Wildman–Crippen MR) is 92.4 cm³/mol. The zero-order valence-corrected chi connectivity index (χ0v) is 15.4. The summed E-state index contributed by atoms with van der Waals surface area (Å²) in [5, 5.41) is 3.20. The number of amides is 1. The highest BCUT2D eigenvalue weighted by Crippen LogP contribution is 2.06. The minimum Gasteiger partial charge on any atom is -0.379 e. The molecule has 1 amide bonds. The lowest BCUT2D eigenvalue weighted by molar-refractivity contribution is -0.131. The minimum atomic E-state index is -3.29. The van der Waals surface area contributed by atoms with Crippen molar-refractivity contribution in [2.45, 2.75) is 12.8 Å². The van der Waals surface area contributed by atoms with Gasteiger partial charge in [-0.1, -0.05) is 0 Å². The number of hydrogen-bond donors (Lipinski definition) is 1. The van der Waals surface area contributed by atoms with Crippen LogP contribution in [0.5, 0.6) is 0 Å². The Morgan fingerprint density at radius 2 is 1.79 bits per heavy atom. The van der Waals surface area contributed by atoms with E-state index in [1.54, 1.807) is 0 Å². The Hall–Kier alpha value is -0.740. The maximum atomic E-state index is 12.2. The first-order valence-electron chi connectivity index (χ1n) is 8.70. The summed E-state index contributed by atoms with van der Waals surface area (Å²) in [5.74, 6) is 0.0401. The van der Waals surface area contributed by atoms with E-state index < -0.39 is 10.0 Å². The van der Waals surface area contributed by atoms with Crippen LogP contribution in [-0.4, -0.2) is 107 Å². The van der Waals surface area contributed by atoms with Gasteiger partial charge in [-0.15, -0.1) is 0 Å². The van der Waals surface area contributed by atoms with E-state index in [0.29, 0.717) is 19.6 Å². The van der Waals surface area contributed by atoms with E-state index >= 15 is 0 Å². The molecule has 2 heterocycles. The molecular weight excluding hydrogens is 332 g/mol. The van der Waals surface area contributed by atoms with Gasteiger partial charge >= 0.3 is 0 Å². The van der Waals surface area contributed by atoms with Gasteiger partial charge in [-0.05, 0) is 13.0 Å². The number of hydrogen-bond acceptors (Lipinski definition) is 6. The predicted octanol–water partition coefficient (Wildman–Crippen LogP) is -1.21. The van der Waals surface area contributed by atoms with Gasteiger partial charge in [-0.25, -0.2) is 12.7 Å². The van der Waals surface area contributed by atoms with Gasteiger partial charge in [-0.3, -0.25) is 9.69 Å². The van der Waals surface area contributed by atoms with E-state index in [-0.39, 0.29) is 18.9 Å². The van der Waals surface area contributed by atoms with E-state index in [1.807, 2.05) is 4.90 Å². The van der Waals surface area contributed by atoms with Crippen molar-refractivity contribution in [1.82, 2.24) is 19.4 Å². The van der Waals surface area contributed by atoms with Crippen LogP contribution >= 0.6 is 0 Å². The minimum absolute atomic E-state index is 0.0401. The molecule has 0 aromatic rings. The van der Waals surface area contributed by atoms with Crippen LogP contribution in [0.25, 0.3) is 0 Å². The number of morpholine rings is 1. The van der Waals surface area contributed by atoms with Gasteiger partial charge in [0.25, 0.3) is 0 Å². The maximum Gasteiger partial charge on any atom is 0.223 e. The van der Waals surface area contributed by atoms with Crippen molar-refractivity contribution >= 4 is 15.9 Å². The highest BCUT2D eigenvalue weighted by Gasteiger charge is 2.21. The van der Waals surface area contributed by atoms with Crippen molar-refractivity contribution < 1.29 is 17.9 Å². The van der Waals surface area contributed by atoms with Gasteiger partial charge in [0.15, 0.2) is 0 Å². The first-order chi connectivity index (χ1) is 11.5. The van der Waals surface area contributed by atoms with Crippen molar-refractivity contribution in [3.8, 4) is 0 Å². The van der Waals surface area contributed by atoms with Crippen molar-refractivity contribution in [2.75, 3.05) is 78.4 Å². The molecule has 2 saturated heterocycles. The van der Waals surface area contributed by atoms with Crippen molar-refractivity contribution in [3.63, 3.8) is 0 Å². The molecule has 0 aromatic heterocycles. The second-order valence-electron chi connectivity index (χ2n) is 6.35. The second kappa shape index (κ2) is 9.67. The van der Waals surface area contributed by atoms with Crippen LogP contribution in [0.2, 0.25) is 0 Å². The number of carbonyl (C=O) groups is 1. The average molecular weight is 362 g/mol. The number of nitrogens with zero attached hydrogens (tertiary/aromatic N) is 3. The van der Waals surface area contributed by atoms with E-state index in [2.05, 4.69) is 10.2 Å². The van der Waals surface area contributed by atoms with Crippen LogP contribution in [-0.2, 0) is 19.6 Å². The number of carbonyl (C=O) groups excluding carboxylic acids is 1. The fraction of sp³-hybridized carbons (Fsp3) is 0.933. The van der Waals surface area contributed by atoms with Gasteiger partial charge in [-0.2, -0.15) is 0 Å². The smallest absolute Gasteiger partial charge is 0.223 e. The molecule has 24 heavy (non-hydrogen) atoms. The molecule has 140 valence electrons. The topological polar surface area (TPSA) is 82.2 Å². The highest BCUT2D eigenvalue weighted by molar-refractivity contribution is 7.88. The van der Waals surface area contributed by atoms with Gasteiger partial charge in [0.1, 0.15) is 0 Å². The van der Waals surface area contributed by atoms with Crippen LogP contribution in [0, 0.1) is 0 Å². The van der Waals surface area contributed by atoms with Gasteiger partial charge in [0.2, 0.25) is 15.9 Å². The van der Waals surface area contributed by atoms with Crippen LogP contribution in [0.1, 0.15) is 12.8 Å². The summed E-state index contributed by atoms with van der Waals surface area (Å²) in [6.45, 7) is 7.91. The molecule has 2 fully saturated rings. The monoisotopic (exact) mass is 362 g/mol. The van der Waals surface area contributed by atoms with E-state index in [4.69, 9.17) is 4.74 Å². The molecule has 2 aliphatic rings. The van der Waals surface area contributed by atoms with Gasteiger partial charge in [0, 0.05) is 58.8 Å². The summed E-state index contributed by atoms with van der Waals surface area (Å²) in [4.78, 5) is 16.3. The Bertz CT molecular complexity index is 488. The lowest BCUT2D eigenvalue weighted by Crippen LogP contribution is -2.47. The number of nitrogens with one attached hydrogen (secondary N) is 1. The van der Waals surface area contributed by atoms with Crippen LogP contribution in [0.15, 0.2) is 0 Å². The molecule has 2 aliphatic heterocycles. The third-order valence-electron chi connectivity index (χ3n) is 4.50. The quantitative estimate of drug-likeness (QED) is 0.584. The molecular formula is C15H30N4O4S. The first kappa shape index (κ1) is 19.6. The highest BCUT2D eigenvalue weighted by atomic mass is 32.2. The summed E-state index contributed by atoms with van der Waals surface area (Å²) < 4.78 is 30.7. The Morgan fingerprint density at radius 1 is 1.12 bits per heavy atom. The average Bonchev–Trinajstić information content (AvgIpc) is 2.58. The summed E-state index contributed by atoms with van der Waals surface area (Å²) >= 11 is 0. The fourth-order valence-corrected chi connectivity index (χ4v) is 3.92. The van der Waals surface area contributed by atoms with E-state index in [1.165, 1.54) is 10.6 Å². The largest absolute Gasteiger partial charge is 0.379 e.